The molecule has 0 saturated heterocycles. The molecular formula is C19H31N. The molecule has 0 amide bonds. The van der Waals surface area contributed by atoms with E-state index in [0.29, 0.717) is 12.1 Å². The van der Waals surface area contributed by atoms with E-state index in [2.05, 4.69) is 51.2 Å². The molecule has 1 nitrogen and oxygen atoms in total. The Morgan fingerprint density at radius 3 is 2.30 bits per heavy atom. The zero-order valence-corrected chi connectivity index (χ0v) is 13.7. The Morgan fingerprint density at radius 1 is 1.00 bits per heavy atom. The van der Waals surface area contributed by atoms with Gasteiger partial charge in [0, 0.05) is 12.1 Å². The van der Waals surface area contributed by atoms with Crippen molar-refractivity contribution in [1.29, 1.82) is 0 Å². The normalized spacial score (nSPS) is 20.4. The van der Waals surface area contributed by atoms with Crippen molar-refractivity contribution in [3.05, 3.63) is 34.9 Å². The quantitative estimate of drug-likeness (QED) is 0.733. The van der Waals surface area contributed by atoms with Crippen LogP contribution in [0.15, 0.2) is 18.2 Å². The highest BCUT2D eigenvalue weighted by Crippen LogP contribution is 2.27. The van der Waals surface area contributed by atoms with E-state index < -0.39 is 0 Å². The lowest BCUT2D eigenvalue weighted by atomic mass is 9.91. The summed E-state index contributed by atoms with van der Waals surface area (Å²) in [4.78, 5) is 0. The van der Waals surface area contributed by atoms with Gasteiger partial charge in [-0.25, -0.2) is 0 Å². The molecule has 0 aliphatic heterocycles. The number of hydrogen-bond donors (Lipinski definition) is 1. The fourth-order valence-corrected chi connectivity index (χ4v) is 3.66. The number of rotatable bonds is 4. The van der Waals surface area contributed by atoms with Crippen LogP contribution in [0, 0.1) is 19.8 Å². The lowest BCUT2D eigenvalue weighted by Gasteiger charge is -2.28. The molecule has 0 aromatic heterocycles. The van der Waals surface area contributed by atoms with Gasteiger partial charge in [0.05, 0.1) is 0 Å². The third-order valence-corrected chi connectivity index (χ3v) is 5.02. The number of benzene rings is 1. The van der Waals surface area contributed by atoms with Gasteiger partial charge in [-0.2, -0.15) is 0 Å². The zero-order chi connectivity index (χ0) is 14.5. The minimum atomic E-state index is 0.452. The van der Waals surface area contributed by atoms with Crippen LogP contribution in [0.25, 0.3) is 0 Å². The van der Waals surface area contributed by atoms with Gasteiger partial charge in [-0.05, 0) is 57.6 Å². The predicted octanol–water partition coefficient (Wildman–Crippen LogP) is 5.31. The average Bonchev–Trinajstić information content (AvgIpc) is 2.70. The van der Waals surface area contributed by atoms with Crippen LogP contribution in [0.3, 0.4) is 0 Å². The highest BCUT2D eigenvalue weighted by molar-refractivity contribution is 5.32. The molecule has 0 bridgehead atoms. The molecule has 0 spiro atoms. The van der Waals surface area contributed by atoms with Crippen molar-refractivity contribution >= 4 is 0 Å². The van der Waals surface area contributed by atoms with Crippen molar-refractivity contribution in [2.75, 3.05) is 0 Å². The monoisotopic (exact) mass is 273 g/mol. The van der Waals surface area contributed by atoms with Gasteiger partial charge < -0.3 is 5.32 Å². The van der Waals surface area contributed by atoms with Gasteiger partial charge >= 0.3 is 0 Å². The van der Waals surface area contributed by atoms with Crippen LogP contribution in [0.1, 0.15) is 75.1 Å². The van der Waals surface area contributed by atoms with Crippen LogP contribution in [0.2, 0.25) is 0 Å². The molecule has 0 heterocycles. The number of aryl methyl sites for hydroxylation is 2. The van der Waals surface area contributed by atoms with Gasteiger partial charge in [0.15, 0.2) is 0 Å². The first kappa shape index (κ1) is 15.6. The maximum absolute atomic E-state index is 3.86. The van der Waals surface area contributed by atoms with E-state index in [1.54, 1.807) is 0 Å². The molecule has 20 heavy (non-hydrogen) atoms. The van der Waals surface area contributed by atoms with E-state index >= 15 is 0 Å². The SMILES string of the molecule is Cc1ccc(C)c(C(C)N[C@H](C)C2CCCCCC2)c1. The van der Waals surface area contributed by atoms with Gasteiger partial charge in [-0.15, -0.1) is 0 Å². The Hall–Kier alpha value is -0.820. The van der Waals surface area contributed by atoms with Crippen molar-refractivity contribution in [1.82, 2.24) is 5.32 Å². The fourth-order valence-electron chi connectivity index (χ4n) is 3.66. The molecule has 1 unspecified atom stereocenters. The summed E-state index contributed by atoms with van der Waals surface area (Å²) in [7, 11) is 0. The fraction of sp³-hybridized carbons (Fsp3) is 0.684. The van der Waals surface area contributed by atoms with Crippen LogP contribution in [0.4, 0.5) is 0 Å². The smallest absolute Gasteiger partial charge is 0.0297 e. The first-order valence-electron chi connectivity index (χ1n) is 8.41. The molecular weight excluding hydrogens is 242 g/mol. The minimum Gasteiger partial charge on any atom is -0.307 e. The Balaban J connectivity index is 1.99. The van der Waals surface area contributed by atoms with E-state index in [0.717, 1.165) is 5.92 Å². The summed E-state index contributed by atoms with van der Waals surface area (Å²) in [5, 5.41) is 3.86. The minimum absolute atomic E-state index is 0.452. The van der Waals surface area contributed by atoms with Crippen LogP contribution in [-0.4, -0.2) is 6.04 Å². The third kappa shape index (κ3) is 4.09. The molecule has 1 fully saturated rings. The maximum atomic E-state index is 3.86. The first-order chi connectivity index (χ1) is 9.58. The Kier molecular flexibility index (Phi) is 5.65. The topological polar surface area (TPSA) is 12.0 Å². The molecule has 112 valence electrons. The molecule has 1 N–H and O–H groups in total. The lowest BCUT2D eigenvalue weighted by molar-refractivity contribution is 0.316. The third-order valence-electron chi connectivity index (χ3n) is 5.02. The zero-order valence-electron chi connectivity index (χ0n) is 13.7. The number of nitrogens with one attached hydrogen (secondary N) is 1. The molecule has 1 aliphatic rings. The lowest BCUT2D eigenvalue weighted by Crippen LogP contribution is -2.35. The van der Waals surface area contributed by atoms with Crippen molar-refractivity contribution in [3.8, 4) is 0 Å². The highest BCUT2D eigenvalue weighted by atomic mass is 14.9. The van der Waals surface area contributed by atoms with Crippen molar-refractivity contribution in [2.24, 2.45) is 5.92 Å². The van der Waals surface area contributed by atoms with Gasteiger partial charge in [0.1, 0.15) is 0 Å². The molecule has 1 saturated carbocycles. The second-order valence-electron chi connectivity index (χ2n) is 6.79. The summed E-state index contributed by atoms with van der Waals surface area (Å²) in [5.41, 5.74) is 4.23. The molecule has 1 heteroatoms. The maximum Gasteiger partial charge on any atom is 0.0297 e. The van der Waals surface area contributed by atoms with Crippen molar-refractivity contribution in [2.45, 2.75) is 78.3 Å². The molecule has 1 aromatic carbocycles. The van der Waals surface area contributed by atoms with E-state index in [4.69, 9.17) is 0 Å². The number of hydrogen-bond acceptors (Lipinski definition) is 1. The highest BCUT2D eigenvalue weighted by Gasteiger charge is 2.21. The Bertz CT molecular complexity index is 416. The summed E-state index contributed by atoms with van der Waals surface area (Å²) < 4.78 is 0. The second kappa shape index (κ2) is 7.26. The largest absolute Gasteiger partial charge is 0.307 e. The van der Waals surface area contributed by atoms with Crippen LogP contribution < -0.4 is 5.32 Å². The van der Waals surface area contributed by atoms with Gasteiger partial charge in [-0.3, -0.25) is 0 Å². The summed E-state index contributed by atoms with van der Waals surface area (Å²) in [6.45, 7) is 9.11. The van der Waals surface area contributed by atoms with Gasteiger partial charge in [0.25, 0.3) is 0 Å². The average molecular weight is 273 g/mol. The standard InChI is InChI=1S/C19H31N/c1-14-11-12-15(2)19(13-14)17(4)20-16(3)18-9-7-5-6-8-10-18/h11-13,16-18,20H,5-10H2,1-4H3/t16-,17?/m1/s1. The molecule has 2 atom stereocenters. The van der Waals surface area contributed by atoms with Crippen molar-refractivity contribution < 1.29 is 0 Å². The van der Waals surface area contributed by atoms with Crippen LogP contribution >= 0.6 is 0 Å². The summed E-state index contributed by atoms with van der Waals surface area (Å²) >= 11 is 0. The molecule has 1 aliphatic carbocycles. The van der Waals surface area contributed by atoms with E-state index in [-0.39, 0.29) is 0 Å². The molecule has 0 radical (unpaired) electrons. The van der Waals surface area contributed by atoms with Crippen LogP contribution in [0.5, 0.6) is 0 Å². The summed E-state index contributed by atoms with van der Waals surface area (Å²) in [6, 6.07) is 7.88. The van der Waals surface area contributed by atoms with E-state index in [1.165, 1.54) is 55.2 Å². The summed E-state index contributed by atoms with van der Waals surface area (Å²) in [6.07, 6.45) is 8.55. The Labute approximate surface area is 125 Å². The Morgan fingerprint density at radius 2 is 1.65 bits per heavy atom. The van der Waals surface area contributed by atoms with E-state index in [1.807, 2.05) is 0 Å². The molecule has 2 rings (SSSR count). The second-order valence-corrected chi connectivity index (χ2v) is 6.79. The van der Waals surface area contributed by atoms with Crippen molar-refractivity contribution in [3.63, 3.8) is 0 Å². The van der Waals surface area contributed by atoms with Gasteiger partial charge in [0.2, 0.25) is 0 Å². The molecule has 1 aromatic rings. The first-order valence-corrected chi connectivity index (χ1v) is 8.41. The predicted molar refractivity (Wildman–Crippen MR) is 88.1 cm³/mol. The van der Waals surface area contributed by atoms with Gasteiger partial charge in [-0.1, -0.05) is 49.4 Å². The summed E-state index contributed by atoms with van der Waals surface area (Å²) in [5.74, 6) is 0.866. The van der Waals surface area contributed by atoms with Crippen LogP contribution in [-0.2, 0) is 0 Å². The van der Waals surface area contributed by atoms with E-state index in [9.17, 15) is 0 Å².